The van der Waals surface area contributed by atoms with Crippen LogP contribution in [-0.2, 0) is 0 Å². The molecule has 0 radical (unpaired) electrons. The molecule has 2 N–H and O–H groups in total. The molecule has 19 heavy (non-hydrogen) atoms. The van der Waals surface area contributed by atoms with E-state index in [2.05, 4.69) is 55.1 Å². The molecule has 98 valence electrons. The molecule has 0 saturated carbocycles. The molecule has 0 fully saturated rings. The van der Waals surface area contributed by atoms with E-state index in [0.717, 1.165) is 23.3 Å². The van der Waals surface area contributed by atoms with Gasteiger partial charge in [0, 0.05) is 24.3 Å². The summed E-state index contributed by atoms with van der Waals surface area (Å²) < 4.78 is 0.915. The summed E-state index contributed by atoms with van der Waals surface area (Å²) in [6, 6.07) is 8.47. The Hall–Kier alpha value is -1.46. The van der Waals surface area contributed by atoms with Crippen LogP contribution in [0.1, 0.15) is 17.9 Å². The maximum atomic E-state index is 5.73. The second-order valence-corrected chi connectivity index (χ2v) is 5.49. The van der Waals surface area contributed by atoms with Crippen molar-refractivity contribution in [3.05, 3.63) is 46.8 Å². The van der Waals surface area contributed by atoms with Crippen molar-refractivity contribution in [1.29, 1.82) is 0 Å². The Morgan fingerprint density at radius 1 is 1.37 bits per heavy atom. The molecular weight excluding hydrogens is 304 g/mol. The second kappa shape index (κ2) is 5.27. The van der Waals surface area contributed by atoms with Crippen LogP contribution in [0.15, 0.2) is 41.3 Å². The first-order valence-corrected chi connectivity index (χ1v) is 7.12. The van der Waals surface area contributed by atoms with Gasteiger partial charge in [-0.25, -0.2) is 9.97 Å². The number of hydrogen-bond donors (Lipinski definition) is 1. The average molecular weight is 319 g/mol. The number of nitrogens with zero attached hydrogens (tertiary/aromatic N) is 3. The molecule has 2 aromatic rings. The van der Waals surface area contributed by atoms with E-state index in [1.54, 1.807) is 12.5 Å². The highest BCUT2D eigenvalue weighted by molar-refractivity contribution is 9.10. The van der Waals surface area contributed by atoms with E-state index >= 15 is 0 Å². The topological polar surface area (TPSA) is 55.0 Å². The van der Waals surface area contributed by atoms with Gasteiger partial charge in [-0.05, 0) is 40.5 Å². The molecule has 1 unspecified atom stereocenters. The molecule has 0 amide bonds. The molecule has 1 atom stereocenters. The lowest BCUT2D eigenvalue weighted by atomic mass is 9.98. The molecule has 1 aromatic heterocycles. The van der Waals surface area contributed by atoms with Gasteiger partial charge in [0.2, 0.25) is 0 Å². The summed E-state index contributed by atoms with van der Waals surface area (Å²) in [7, 11) is 0. The first kappa shape index (κ1) is 12.6. The van der Waals surface area contributed by atoms with Crippen molar-refractivity contribution in [2.75, 3.05) is 18.0 Å². The van der Waals surface area contributed by atoms with Gasteiger partial charge in [0.1, 0.15) is 6.33 Å². The summed E-state index contributed by atoms with van der Waals surface area (Å²) in [5.41, 5.74) is 8.31. The molecule has 4 nitrogen and oxygen atoms in total. The van der Waals surface area contributed by atoms with Gasteiger partial charge in [-0.3, -0.25) is 0 Å². The Kier molecular flexibility index (Phi) is 3.48. The molecule has 1 aliphatic rings. The van der Waals surface area contributed by atoms with Gasteiger partial charge in [0.05, 0.1) is 4.47 Å². The lowest BCUT2D eigenvalue weighted by molar-refractivity contribution is 0.666. The van der Waals surface area contributed by atoms with Gasteiger partial charge < -0.3 is 10.6 Å². The molecule has 0 aliphatic carbocycles. The van der Waals surface area contributed by atoms with E-state index in [4.69, 9.17) is 5.73 Å². The van der Waals surface area contributed by atoms with Crippen molar-refractivity contribution in [3.8, 4) is 0 Å². The Bertz CT molecular complexity index is 587. The maximum Gasteiger partial charge on any atom is 0.150 e. The highest BCUT2D eigenvalue weighted by Gasteiger charge is 2.30. The van der Waals surface area contributed by atoms with E-state index in [1.165, 1.54) is 11.3 Å². The van der Waals surface area contributed by atoms with Crippen molar-refractivity contribution in [1.82, 2.24) is 9.97 Å². The van der Waals surface area contributed by atoms with Crippen LogP contribution in [0.2, 0.25) is 0 Å². The molecule has 0 spiro atoms. The minimum atomic E-state index is 0.475. The predicted molar refractivity (Wildman–Crippen MR) is 79.6 cm³/mol. The number of halogens is 1. The van der Waals surface area contributed by atoms with Crippen molar-refractivity contribution in [2.45, 2.75) is 12.3 Å². The van der Waals surface area contributed by atoms with Crippen molar-refractivity contribution in [2.24, 2.45) is 5.73 Å². The third-order valence-electron chi connectivity index (χ3n) is 3.49. The van der Waals surface area contributed by atoms with Crippen molar-refractivity contribution in [3.63, 3.8) is 0 Å². The summed E-state index contributed by atoms with van der Waals surface area (Å²) in [5.74, 6) is 1.39. The highest BCUT2D eigenvalue weighted by Crippen LogP contribution is 2.42. The lowest BCUT2D eigenvalue weighted by Gasteiger charge is -2.19. The van der Waals surface area contributed by atoms with E-state index in [0.29, 0.717) is 12.5 Å². The van der Waals surface area contributed by atoms with Crippen LogP contribution in [0.25, 0.3) is 0 Å². The third kappa shape index (κ3) is 2.24. The van der Waals surface area contributed by atoms with E-state index in [1.807, 2.05) is 0 Å². The van der Waals surface area contributed by atoms with Gasteiger partial charge in [-0.2, -0.15) is 0 Å². The highest BCUT2D eigenvalue weighted by atomic mass is 79.9. The smallest absolute Gasteiger partial charge is 0.150 e. The zero-order valence-electron chi connectivity index (χ0n) is 10.5. The minimum absolute atomic E-state index is 0.475. The SMILES string of the molecule is NCCC1CN(c2ncncc2Br)c2ccccc21. The van der Waals surface area contributed by atoms with Crippen molar-refractivity contribution >= 4 is 27.4 Å². The number of nitrogens with two attached hydrogens (primary N) is 1. The summed E-state index contributed by atoms with van der Waals surface area (Å²) >= 11 is 3.53. The number of fused-ring (bicyclic) bond motifs is 1. The van der Waals surface area contributed by atoms with E-state index in [-0.39, 0.29) is 0 Å². The zero-order chi connectivity index (χ0) is 13.2. The standard InChI is InChI=1S/C14H15BrN4/c15-12-7-17-9-18-14(12)19-8-10(5-6-16)11-3-1-2-4-13(11)19/h1-4,7,9-10H,5-6,8,16H2. The monoisotopic (exact) mass is 318 g/mol. The number of benzene rings is 1. The predicted octanol–water partition coefficient (Wildman–Crippen LogP) is 2.82. The molecule has 1 aliphatic heterocycles. The minimum Gasteiger partial charge on any atom is -0.330 e. The molecule has 1 aromatic carbocycles. The molecule has 0 bridgehead atoms. The Morgan fingerprint density at radius 3 is 3.00 bits per heavy atom. The van der Waals surface area contributed by atoms with Gasteiger partial charge in [-0.1, -0.05) is 18.2 Å². The average Bonchev–Trinajstić information content (AvgIpc) is 2.79. The number of rotatable bonds is 3. The van der Waals surface area contributed by atoms with Crippen molar-refractivity contribution < 1.29 is 0 Å². The van der Waals surface area contributed by atoms with E-state index in [9.17, 15) is 0 Å². The van der Waals surface area contributed by atoms with Gasteiger partial charge in [0.15, 0.2) is 5.82 Å². The number of aromatic nitrogens is 2. The molecule has 3 rings (SSSR count). The first-order valence-electron chi connectivity index (χ1n) is 6.33. The van der Waals surface area contributed by atoms with Crippen LogP contribution in [0.4, 0.5) is 11.5 Å². The zero-order valence-corrected chi connectivity index (χ0v) is 12.0. The normalized spacial score (nSPS) is 17.6. The number of anilines is 2. The van der Waals surface area contributed by atoms with Gasteiger partial charge in [-0.15, -0.1) is 0 Å². The second-order valence-electron chi connectivity index (χ2n) is 4.64. The van der Waals surface area contributed by atoms with Gasteiger partial charge >= 0.3 is 0 Å². The van der Waals surface area contributed by atoms with Crippen LogP contribution in [0, 0.1) is 0 Å². The summed E-state index contributed by atoms with van der Waals surface area (Å²) in [6.45, 7) is 1.63. The third-order valence-corrected chi connectivity index (χ3v) is 4.05. The van der Waals surface area contributed by atoms with Crippen LogP contribution in [0.3, 0.4) is 0 Å². The Balaban J connectivity index is 2.03. The lowest BCUT2D eigenvalue weighted by Crippen LogP contribution is -2.18. The largest absolute Gasteiger partial charge is 0.330 e. The van der Waals surface area contributed by atoms with E-state index < -0.39 is 0 Å². The van der Waals surface area contributed by atoms with Gasteiger partial charge in [0.25, 0.3) is 0 Å². The molecule has 5 heteroatoms. The fraction of sp³-hybridized carbons (Fsp3) is 0.286. The summed E-state index contributed by atoms with van der Waals surface area (Å²) in [4.78, 5) is 10.7. The number of hydrogen-bond acceptors (Lipinski definition) is 4. The summed E-state index contributed by atoms with van der Waals surface area (Å²) in [6.07, 6.45) is 4.36. The fourth-order valence-electron chi connectivity index (χ4n) is 2.65. The molecule has 0 saturated heterocycles. The Morgan fingerprint density at radius 2 is 2.21 bits per heavy atom. The van der Waals surface area contributed by atoms with Crippen LogP contribution >= 0.6 is 15.9 Å². The maximum absolute atomic E-state index is 5.73. The number of para-hydroxylation sites is 1. The molecular formula is C14H15BrN4. The molecule has 2 heterocycles. The Labute approximate surface area is 120 Å². The quantitative estimate of drug-likeness (QED) is 0.945. The summed E-state index contributed by atoms with van der Waals surface area (Å²) in [5, 5.41) is 0. The van der Waals surface area contributed by atoms with Crippen LogP contribution < -0.4 is 10.6 Å². The van der Waals surface area contributed by atoms with Crippen LogP contribution in [0.5, 0.6) is 0 Å². The van der Waals surface area contributed by atoms with Crippen LogP contribution in [-0.4, -0.2) is 23.1 Å². The first-order chi connectivity index (χ1) is 9.31. The fourth-order valence-corrected chi connectivity index (χ4v) is 3.08.